The lowest BCUT2D eigenvalue weighted by Crippen LogP contribution is -1.86. The van der Waals surface area contributed by atoms with E-state index < -0.39 is 0 Å². The van der Waals surface area contributed by atoms with E-state index in [0.29, 0.717) is 0 Å². The average Bonchev–Trinajstić information content (AvgIpc) is 2.58. The Morgan fingerprint density at radius 3 is 2.30 bits per heavy atom. The Hall–Kier alpha value is -2.09. The average molecular weight is 309 g/mol. The van der Waals surface area contributed by atoms with Crippen molar-refractivity contribution in [2.24, 2.45) is 4.99 Å². The van der Waals surface area contributed by atoms with E-state index >= 15 is 0 Å². The first kappa shape index (κ1) is 17.3. The molecule has 2 aromatic carbocycles. The summed E-state index contributed by atoms with van der Waals surface area (Å²) in [5.74, 6) is 0.260. The number of aromatic hydroxyl groups is 1. The molecule has 0 heterocycles. The van der Waals surface area contributed by atoms with Gasteiger partial charge in [0.15, 0.2) is 0 Å². The Morgan fingerprint density at radius 2 is 1.57 bits per heavy atom. The number of aryl methyl sites for hydroxylation is 1. The number of benzene rings is 2. The molecule has 23 heavy (non-hydrogen) atoms. The van der Waals surface area contributed by atoms with E-state index in [-0.39, 0.29) is 5.75 Å². The van der Waals surface area contributed by atoms with Crippen molar-refractivity contribution in [1.82, 2.24) is 0 Å². The Bertz CT molecular complexity index is 601. The Labute approximate surface area is 139 Å². The minimum atomic E-state index is 0.260. The molecule has 2 nitrogen and oxygen atoms in total. The zero-order valence-corrected chi connectivity index (χ0v) is 14.0. The molecule has 0 radical (unpaired) electrons. The maximum atomic E-state index is 9.72. The van der Waals surface area contributed by atoms with Crippen molar-refractivity contribution in [3.63, 3.8) is 0 Å². The molecule has 0 spiro atoms. The van der Waals surface area contributed by atoms with Gasteiger partial charge < -0.3 is 5.11 Å². The van der Waals surface area contributed by atoms with Gasteiger partial charge in [-0.15, -0.1) is 0 Å². The summed E-state index contributed by atoms with van der Waals surface area (Å²) in [5, 5.41) is 9.72. The molecule has 2 rings (SSSR count). The molecule has 2 aromatic rings. The summed E-state index contributed by atoms with van der Waals surface area (Å²) in [6, 6.07) is 15.6. The quantitative estimate of drug-likeness (QED) is 0.444. The fraction of sp³-hybridized carbons (Fsp3) is 0.381. The molecule has 2 heteroatoms. The maximum Gasteiger partial charge on any atom is 0.124 e. The summed E-state index contributed by atoms with van der Waals surface area (Å²) in [7, 11) is 0. The van der Waals surface area contributed by atoms with Crippen LogP contribution in [0.3, 0.4) is 0 Å². The molecule has 0 atom stereocenters. The standard InChI is InChI=1S/C21H27NO/c1-2-3-4-5-6-7-10-18-13-15-20(16-14-18)22-17-19-11-8-9-12-21(19)23/h8-9,11-17,23H,2-7,10H2,1H3. The van der Waals surface area contributed by atoms with Crippen LogP contribution in [0, 0.1) is 0 Å². The summed E-state index contributed by atoms with van der Waals surface area (Å²) >= 11 is 0. The predicted molar refractivity (Wildman–Crippen MR) is 98.9 cm³/mol. The van der Waals surface area contributed by atoms with Crippen molar-refractivity contribution in [2.45, 2.75) is 51.9 Å². The molecule has 0 fully saturated rings. The van der Waals surface area contributed by atoms with Crippen LogP contribution < -0.4 is 0 Å². The summed E-state index contributed by atoms with van der Waals surface area (Å²) < 4.78 is 0. The molecular formula is C21H27NO. The first-order chi connectivity index (χ1) is 11.3. The highest BCUT2D eigenvalue weighted by molar-refractivity contribution is 5.85. The second-order valence-corrected chi connectivity index (χ2v) is 6.00. The van der Waals surface area contributed by atoms with Crippen LogP contribution in [-0.2, 0) is 6.42 Å². The van der Waals surface area contributed by atoms with Crippen molar-refractivity contribution in [3.05, 3.63) is 59.7 Å². The van der Waals surface area contributed by atoms with Gasteiger partial charge in [0.05, 0.1) is 5.69 Å². The number of nitrogens with zero attached hydrogens (tertiary/aromatic N) is 1. The van der Waals surface area contributed by atoms with Crippen molar-refractivity contribution in [3.8, 4) is 5.75 Å². The fourth-order valence-electron chi connectivity index (χ4n) is 2.60. The number of hydrogen-bond donors (Lipinski definition) is 1. The summed E-state index contributed by atoms with van der Waals surface area (Å²) in [4.78, 5) is 4.42. The van der Waals surface area contributed by atoms with Gasteiger partial charge in [-0.2, -0.15) is 0 Å². The Balaban J connectivity index is 1.79. The van der Waals surface area contributed by atoms with Crippen LogP contribution >= 0.6 is 0 Å². The first-order valence-corrected chi connectivity index (χ1v) is 8.70. The number of phenolic OH excluding ortho intramolecular Hbond substituents is 1. The van der Waals surface area contributed by atoms with Gasteiger partial charge in [-0.3, -0.25) is 4.99 Å². The van der Waals surface area contributed by atoms with E-state index in [1.165, 1.54) is 44.1 Å². The highest BCUT2D eigenvalue weighted by Gasteiger charge is 1.97. The number of para-hydroxylation sites is 1. The number of unbranched alkanes of at least 4 members (excludes halogenated alkanes) is 5. The summed E-state index contributed by atoms with van der Waals surface area (Å²) in [5.41, 5.74) is 3.03. The van der Waals surface area contributed by atoms with E-state index in [1.54, 1.807) is 12.3 Å². The van der Waals surface area contributed by atoms with Crippen LogP contribution in [-0.4, -0.2) is 11.3 Å². The number of phenols is 1. The minimum absolute atomic E-state index is 0.260. The van der Waals surface area contributed by atoms with E-state index in [2.05, 4.69) is 24.0 Å². The topological polar surface area (TPSA) is 32.6 Å². The van der Waals surface area contributed by atoms with Crippen molar-refractivity contribution < 1.29 is 5.11 Å². The second kappa shape index (κ2) is 9.83. The third-order valence-electron chi connectivity index (χ3n) is 4.04. The van der Waals surface area contributed by atoms with Crippen LogP contribution in [0.5, 0.6) is 5.75 Å². The van der Waals surface area contributed by atoms with Gasteiger partial charge in [0.1, 0.15) is 5.75 Å². The molecule has 0 saturated carbocycles. The molecule has 1 N–H and O–H groups in total. The number of rotatable bonds is 9. The molecule has 0 bridgehead atoms. The van der Waals surface area contributed by atoms with Crippen LogP contribution in [0.15, 0.2) is 53.5 Å². The van der Waals surface area contributed by atoms with Gasteiger partial charge in [0.25, 0.3) is 0 Å². The van der Waals surface area contributed by atoms with Gasteiger partial charge in [-0.1, -0.05) is 63.3 Å². The highest BCUT2D eigenvalue weighted by atomic mass is 16.3. The molecule has 0 aliphatic rings. The lowest BCUT2D eigenvalue weighted by Gasteiger charge is -2.03. The normalized spacial score (nSPS) is 11.2. The molecule has 0 amide bonds. The molecule has 0 saturated heterocycles. The third kappa shape index (κ3) is 6.27. The zero-order chi connectivity index (χ0) is 16.3. The van der Waals surface area contributed by atoms with E-state index in [0.717, 1.165) is 17.7 Å². The Morgan fingerprint density at radius 1 is 0.870 bits per heavy atom. The van der Waals surface area contributed by atoms with E-state index in [9.17, 15) is 5.11 Å². The van der Waals surface area contributed by atoms with Crippen molar-refractivity contribution in [1.29, 1.82) is 0 Å². The minimum Gasteiger partial charge on any atom is -0.507 e. The monoisotopic (exact) mass is 309 g/mol. The molecule has 0 aliphatic heterocycles. The van der Waals surface area contributed by atoms with Gasteiger partial charge >= 0.3 is 0 Å². The van der Waals surface area contributed by atoms with Crippen molar-refractivity contribution in [2.75, 3.05) is 0 Å². The SMILES string of the molecule is CCCCCCCCc1ccc(N=Cc2ccccc2O)cc1. The fourth-order valence-corrected chi connectivity index (χ4v) is 2.60. The van der Waals surface area contributed by atoms with E-state index in [4.69, 9.17) is 0 Å². The molecule has 0 aromatic heterocycles. The lowest BCUT2D eigenvalue weighted by molar-refractivity contribution is 0.474. The van der Waals surface area contributed by atoms with Gasteiger partial charge in [0.2, 0.25) is 0 Å². The number of hydrogen-bond acceptors (Lipinski definition) is 2. The molecular weight excluding hydrogens is 282 g/mol. The van der Waals surface area contributed by atoms with E-state index in [1.807, 2.05) is 30.3 Å². The Kier molecular flexibility index (Phi) is 7.38. The zero-order valence-electron chi connectivity index (χ0n) is 14.0. The smallest absolute Gasteiger partial charge is 0.124 e. The van der Waals surface area contributed by atoms with Crippen molar-refractivity contribution >= 4 is 11.9 Å². The molecule has 0 unspecified atom stereocenters. The van der Waals surface area contributed by atoms with Crippen LogP contribution in [0.1, 0.15) is 56.6 Å². The maximum absolute atomic E-state index is 9.72. The predicted octanol–water partition coefficient (Wildman–Crippen LogP) is 6.05. The largest absolute Gasteiger partial charge is 0.507 e. The van der Waals surface area contributed by atoms with Gasteiger partial charge in [-0.05, 0) is 42.7 Å². The summed E-state index contributed by atoms with van der Waals surface area (Å²) in [6.07, 6.45) is 10.9. The summed E-state index contributed by atoms with van der Waals surface area (Å²) in [6.45, 7) is 2.25. The number of aliphatic imine (C=N–C) groups is 1. The van der Waals surface area contributed by atoms with Crippen LogP contribution in [0.25, 0.3) is 0 Å². The van der Waals surface area contributed by atoms with Gasteiger partial charge in [-0.25, -0.2) is 0 Å². The van der Waals surface area contributed by atoms with Crippen LogP contribution in [0.2, 0.25) is 0 Å². The molecule has 0 aliphatic carbocycles. The highest BCUT2D eigenvalue weighted by Crippen LogP contribution is 2.18. The lowest BCUT2D eigenvalue weighted by atomic mass is 10.0. The first-order valence-electron chi connectivity index (χ1n) is 8.70. The van der Waals surface area contributed by atoms with Crippen LogP contribution in [0.4, 0.5) is 5.69 Å². The molecule has 122 valence electrons. The second-order valence-electron chi connectivity index (χ2n) is 6.00. The van der Waals surface area contributed by atoms with Gasteiger partial charge in [0, 0.05) is 11.8 Å². The third-order valence-corrected chi connectivity index (χ3v) is 4.04.